The summed E-state index contributed by atoms with van der Waals surface area (Å²) < 4.78 is 11.0. The van der Waals surface area contributed by atoms with Gasteiger partial charge in [0, 0.05) is 6.07 Å². The predicted molar refractivity (Wildman–Crippen MR) is 66.3 cm³/mol. The average Bonchev–Trinajstić information content (AvgIpc) is 2.30. The van der Waals surface area contributed by atoms with Gasteiger partial charge in [-0.05, 0) is 45.5 Å². The highest BCUT2D eigenvalue weighted by Gasteiger charge is 1.96. The molecule has 0 spiro atoms. The largest absolute Gasteiger partial charge is 0.494 e. The molecule has 0 saturated carbocycles. The molecule has 0 fully saturated rings. The molecular weight excluding hydrogens is 202 g/mol. The molecule has 0 radical (unpaired) electrons. The van der Waals surface area contributed by atoms with Gasteiger partial charge in [0.05, 0.1) is 13.2 Å². The highest BCUT2D eigenvalue weighted by atomic mass is 16.5. The van der Waals surface area contributed by atoms with Crippen molar-refractivity contribution in [3.8, 4) is 11.5 Å². The van der Waals surface area contributed by atoms with Crippen molar-refractivity contribution in [3.63, 3.8) is 0 Å². The first-order valence-electron chi connectivity index (χ1n) is 5.87. The van der Waals surface area contributed by atoms with Gasteiger partial charge >= 0.3 is 0 Å². The maximum absolute atomic E-state index is 5.63. The maximum Gasteiger partial charge on any atom is 0.122 e. The van der Waals surface area contributed by atoms with Gasteiger partial charge in [-0.2, -0.15) is 0 Å². The monoisotopic (exact) mass is 223 g/mol. The summed E-state index contributed by atoms with van der Waals surface area (Å²) in [6.45, 7) is 4.47. The molecule has 1 aromatic rings. The standard InChI is InChI=1S/C13H21NO2/c1-3-15-12-7-6-8-13(11-12)16-10-5-4-9-14-2/h6-8,11,14H,3-5,9-10H2,1-2H3. The summed E-state index contributed by atoms with van der Waals surface area (Å²) in [6, 6.07) is 7.79. The molecule has 0 bridgehead atoms. The summed E-state index contributed by atoms with van der Waals surface area (Å²) >= 11 is 0. The molecule has 1 rings (SSSR count). The van der Waals surface area contributed by atoms with Crippen LogP contribution in [0, 0.1) is 0 Å². The molecule has 3 nitrogen and oxygen atoms in total. The van der Waals surface area contributed by atoms with Crippen molar-refractivity contribution in [2.75, 3.05) is 26.8 Å². The molecule has 0 aliphatic heterocycles. The summed E-state index contributed by atoms with van der Waals surface area (Å²) in [6.07, 6.45) is 2.21. The lowest BCUT2D eigenvalue weighted by Crippen LogP contribution is -2.09. The molecule has 0 unspecified atom stereocenters. The first-order chi connectivity index (χ1) is 7.86. The number of nitrogens with one attached hydrogen (secondary N) is 1. The fraction of sp³-hybridized carbons (Fsp3) is 0.538. The Kier molecular flexibility index (Phi) is 6.42. The number of hydrogen-bond acceptors (Lipinski definition) is 3. The van der Waals surface area contributed by atoms with Gasteiger partial charge in [-0.3, -0.25) is 0 Å². The van der Waals surface area contributed by atoms with Gasteiger partial charge < -0.3 is 14.8 Å². The summed E-state index contributed by atoms with van der Waals surface area (Å²) in [5, 5.41) is 3.12. The third kappa shape index (κ3) is 5.03. The van der Waals surface area contributed by atoms with Crippen LogP contribution in [0.1, 0.15) is 19.8 Å². The maximum atomic E-state index is 5.63. The first kappa shape index (κ1) is 12.8. The third-order valence-corrected chi connectivity index (χ3v) is 2.21. The lowest BCUT2D eigenvalue weighted by molar-refractivity contribution is 0.300. The van der Waals surface area contributed by atoms with E-state index in [9.17, 15) is 0 Å². The minimum atomic E-state index is 0.686. The third-order valence-electron chi connectivity index (χ3n) is 2.21. The zero-order valence-electron chi connectivity index (χ0n) is 10.2. The number of hydrogen-bond donors (Lipinski definition) is 1. The van der Waals surface area contributed by atoms with Crippen molar-refractivity contribution in [2.45, 2.75) is 19.8 Å². The van der Waals surface area contributed by atoms with Gasteiger partial charge in [-0.15, -0.1) is 0 Å². The zero-order chi connectivity index (χ0) is 11.6. The van der Waals surface area contributed by atoms with E-state index in [-0.39, 0.29) is 0 Å². The van der Waals surface area contributed by atoms with Crippen molar-refractivity contribution in [1.82, 2.24) is 5.32 Å². The van der Waals surface area contributed by atoms with E-state index in [1.165, 1.54) is 0 Å². The summed E-state index contributed by atoms with van der Waals surface area (Å²) in [4.78, 5) is 0. The van der Waals surface area contributed by atoms with E-state index in [0.29, 0.717) is 6.61 Å². The van der Waals surface area contributed by atoms with E-state index in [0.717, 1.165) is 37.5 Å². The smallest absolute Gasteiger partial charge is 0.122 e. The lowest BCUT2D eigenvalue weighted by Gasteiger charge is -2.08. The van der Waals surface area contributed by atoms with Crippen LogP contribution in [-0.2, 0) is 0 Å². The molecule has 0 aromatic heterocycles. The van der Waals surface area contributed by atoms with E-state index in [1.807, 2.05) is 38.2 Å². The lowest BCUT2D eigenvalue weighted by atomic mass is 10.3. The fourth-order valence-electron chi connectivity index (χ4n) is 1.41. The molecule has 0 aliphatic rings. The van der Waals surface area contributed by atoms with Gasteiger partial charge in [0.1, 0.15) is 11.5 Å². The summed E-state index contributed by atoms with van der Waals surface area (Å²) in [7, 11) is 1.96. The molecule has 90 valence electrons. The second kappa shape index (κ2) is 7.99. The normalized spacial score (nSPS) is 10.1. The highest BCUT2D eigenvalue weighted by molar-refractivity contribution is 5.32. The van der Waals surface area contributed by atoms with E-state index in [2.05, 4.69) is 5.32 Å². The molecule has 1 N–H and O–H groups in total. The van der Waals surface area contributed by atoms with Crippen LogP contribution in [0.3, 0.4) is 0 Å². The van der Waals surface area contributed by atoms with Crippen LogP contribution in [0.15, 0.2) is 24.3 Å². The van der Waals surface area contributed by atoms with Crippen LogP contribution in [0.4, 0.5) is 0 Å². The van der Waals surface area contributed by atoms with Crippen LogP contribution in [0.2, 0.25) is 0 Å². The van der Waals surface area contributed by atoms with Gasteiger partial charge in [-0.25, -0.2) is 0 Å². The first-order valence-corrected chi connectivity index (χ1v) is 5.87. The Morgan fingerprint density at radius 1 is 1.12 bits per heavy atom. The van der Waals surface area contributed by atoms with Crippen molar-refractivity contribution >= 4 is 0 Å². The van der Waals surface area contributed by atoms with Gasteiger partial charge in [-0.1, -0.05) is 6.07 Å². The van der Waals surface area contributed by atoms with Crippen molar-refractivity contribution < 1.29 is 9.47 Å². The van der Waals surface area contributed by atoms with E-state index >= 15 is 0 Å². The summed E-state index contributed by atoms with van der Waals surface area (Å²) in [5.41, 5.74) is 0. The van der Waals surface area contributed by atoms with Crippen molar-refractivity contribution in [2.24, 2.45) is 0 Å². The fourth-order valence-corrected chi connectivity index (χ4v) is 1.41. The average molecular weight is 223 g/mol. The molecule has 0 heterocycles. The molecule has 1 aromatic carbocycles. The van der Waals surface area contributed by atoms with Crippen molar-refractivity contribution in [1.29, 1.82) is 0 Å². The number of rotatable bonds is 8. The number of unbranched alkanes of at least 4 members (excludes halogenated alkanes) is 1. The Labute approximate surface area is 97.8 Å². The molecule has 0 aliphatic carbocycles. The topological polar surface area (TPSA) is 30.5 Å². The molecule has 3 heteroatoms. The highest BCUT2D eigenvalue weighted by Crippen LogP contribution is 2.19. The van der Waals surface area contributed by atoms with E-state index in [4.69, 9.17) is 9.47 Å². The second-order valence-corrected chi connectivity index (χ2v) is 3.57. The quantitative estimate of drug-likeness (QED) is 0.687. The van der Waals surface area contributed by atoms with Gasteiger partial charge in [0.2, 0.25) is 0 Å². The van der Waals surface area contributed by atoms with Crippen LogP contribution >= 0.6 is 0 Å². The van der Waals surface area contributed by atoms with Crippen LogP contribution < -0.4 is 14.8 Å². The minimum Gasteiger partial charge on any atom is -0.494 e. The molecule has 0 amide bonds. The summed E-state index contributed by atoms with van der Waals surface area (Å²) in [5.74, 6) is 1.76. The Morgan fingerprint density at radius 3 is 2.56 bits per heavy atom. The van der Waals surface area contributed by atoms with Crippen LogP contribution in [-0.4, -0.2) is 26.8 Å². The Balaban J connectivity index is 2.27. The van der Waals surface area contributed by atoms with Crippen molar-refractivity contribution in [3.05, 3.63) is 24.3 Å². The van der Waals surface area contributed by atoms with Gasteiger partial charge in [0.15, 0.2) is 0 Å². The molecule has 0 atom stereocenters. The molecule has 0 saturated heterocycles. The van der Waals surface area contributed by atoms with E-state index < -0.39 is 0 Å². The van der Waals surface area contributed by atoms with Crippen LogP contribution in [0.25, 0.3) is 0 Å². The molecule has 16 heavy (non-hydrogen) atoms. The number of ether oxygens (including phenoxy) is 2. The van der Waals surface area contributed by atoms with Crippen LogP contribution in [0.5, 0.6) is 11.5 Å². The second-order valence-electron chi connectivity index (χ2n) is 3.57. The molecular formula is C13H21NO2. The Bertz CT molecular complexity index is 289. The number of benzene rings is 1. The Morgan fingerprint density at radius 2 is 1.88 bits per heavy atom. The zero-order valence-corrected chi connectivity index (χ0v) is 10.2. The van der Waals surface area contributed by atoms with E-state index in [1.54, 1.807) is 0 Å². The Hall–Kier alpha value is -1.22. The predicted octanol–water partition coefficient (Wildman–Crippen LogP) is 2.46. The van der Waals surface area contributed by atoms with Gasteiger partial charge in [0.25, 0.3) is 0 Å². The minimum absolute atomic E-state index is 0.686. The SMILES string of the molecule is CCOc1cccc(OCCCCNC)c1.